The molecule has 2 aromatic rings. The van der Waals surface area contributed by atoms with Crippen LogP contribution in [0.1, 0.15) is 25.7 Å². The SMILES string of the molecule is COc1cc(C)sc1C(=O)Nc1cc(CN)cc(C(F)(F)F)c1. The molecule has 1 heterocycles. The van der Waals surface area contributed by atoms with Gasteiger partial charge in [0.2, 0.25) is 0 Å². The molecule has 0 saturated carbocycles. The Hall–Kier alpha value is -2.06. The van der Waals surface area contributed by atoms with Crippen LogP contribution in [-0.4, -0.2) is 13.0 Å². The highest BCUT2D eigenvalue weighted by molar-refractivity contribution is 7.14. The Balaban J connectivity index is 2.33. The van der Waals surface area contributed by atoms with Crippen LogP contribution >= 0.6 is 11.3 Å². The van der Waals surface area contributed by atoms with Gasteiger partial charge < -0.3 is 15.8 Å². The van der Waals surface area contributed by atoms with Gasteiger partial charge in [-0.1, -0.05) is 0 Å². The first kappa shape index (κ1) is 17.3. The second-order valence-corrected chi connectivity index (χ2v) is 6.09. The van der Waals surface area contributed by atoms with Crippen molar-refractivity contribution in [3.63, 3.8) is 0 Å². The zero-order valence-electron chi connectivity index (χ0n) is 12.5. The van der Waals surface area contributed by atoms with E-state index in [0.717, 1.165) is 17.0 Å². The molecule has 0 fully saturated rings. The highest BCUT2D eigenvalue weighted by atomic mass is 32.1. The van der Waals surface area contributed by atoms with Gasteiger partial charge in [-0.2, -0.15) is 13.2 Å². The number of aryl methyl sites for hydroxylation is 1. The van der Waals surface area contributed by atoms with Crippen molar-refractivity contribution in [2.24, 2.45) is 5.73 Å². The summed E-state index contributed by atoms with van der Waals surface area (Å²) in [6.07, 6.45) is -4.51. The summed E-state index contributed by atoms with van der Waals surface area (Å²) in [5, 5.41) is 2.47. The first-order chi connectivity index (χ1) is 10.7. The summed E-state index contributed by atoms with van der Waals surface area (Å²) in [5.41, 5.74) is 4.89. The fraction of sp³-hybridized carbons (Fsp3) is 0.267. The number of methoxy groups -OCH3 is 1. The van der Waals surface area contributed by atoms with Crippen LogP contribution in [0.2, 0.25) is 0 Å². The molecule has 1 aromatic heterocycles. The third-order valence-electron chi connectivity index (χ3n) is 3.06. The van der Waals surface area contributed by atoms with Gasteiger partial charge in [0.25, 0.3) is 5.91 Å². The van der Waals surface area contributed by atoms with Crippen LogP contribution in [-0.2, 0) is 12.7 Å². The normalized spacial score (nSPS) is 11.4. The maximum atomic E-state index is 12.9. The summed E-state index contributed by atoms with van der Waals surface area (Å²) in [5.74, 6) is -0.140. The predicted octanol–water partition coefficient (Wildman–Crippen LogP) is 3.79. The second-order valence-electron chi connectivity index (χ2n) is 4.83. The van der Waals surface area contributed by atoms with Crippen molar-refractivity contribution in [1.29, 1.82) is 0 Å². The topological polar surface area (TPSA) is 64.3 Å². The third-order valence-corrected chi connectivity index (χ3v) is 4.09. The zero-order chi connectivity index (χ0) is 17.2. The van der Waals surface area contributed by atoms with E-state index in [1.807, 2.05) is 0 Å². The smallest absolute Gasteiger partial charge is 0.416 e. The summed E-state index contributed by atoms with van der Waals surface area (Å²) in [4.78, 5) is 13.4. The molecule has 2 rings (SSSR count). The fourth-order valence-electron chi connectivity index (χ4n) is 2.03. The van der Waals surface area contributed by atoms with E-state index in [-0.39, 0.29) is 17.8 Å². The minimum absolute atomic E-state index is 0.0402. The molecule has 23 heavy (non-hydrogen) atoms. The Labute approximate surface area is 135 Å². The van der Waals surface area contributed by atoms with Gasteiger partial charge in [-0.25, -0.2) is 0 Å². The molecule has 1 amide bonds. The highest BCUT2D eigenvalue weighted by Gasteiger charge is 2.31. The molecule has 0 aliphatic rings. The first-order valence-corrected chi connectivity index (χ1v) is 7.43. The van der Waals surface area contributed by atoms with Crippen LogP contribution in [0.15, 0.2) is 24.3 Å². The number of alkyl halides is 3. The van der Waals surface area contributed by atoms with Crippen LogP contribution in [0.25, 0.3) is 0 Å². The third kappa shape index (κ3) is 4.02. The lowest BCUT2D eigenvalue weighted by Crippen LogP contribution is -2.14. The number of hydrogen-bond donors (Lipinski definition) is 2. The Kier molecular flexibility index (Phi) is 4.96. The lowest BCUT2D eigenvalue weighted by atomic mass is 10.1. The zero-order valence-corrected chi connectivity index (χ0v) is 13.3. The van der Waals surface area contributed by atoms with E-state index < -0.39 is 17.6 Å². The molecule has 124 valence electrons. The number of carbonyl (C=O) groups is 1. The van der Waals surface area contributed by atoms with Gasteiger partial charge in [0.1, 0.15) is 10.6 Å². The molecule has 4 nitrogen and oxygen atoms in total. The molecule has 0 aliphatic carbocycles. The fourth-order valence-corrected chi connectivity index (χ4v) is 2.91. The Bertz CT molecular complexity index is 726. The molecule has 0 atom stereocenters. The molecule has 0 saturated heterocycles. The number of amides is 1. The van der Waals surface area contributed by atoms with Crippen molar-refractivity contribution >= 4 is 22.9 Å². The number of ether oxygens (including phenoxy) is 1. The standard InChI is InChI=1S/C15H15F3N2O2S/c1-8-3-12(22-2)13(23-8)14(21)20-11-5-9(7-19)4-10(6-11)15(16,17)18/h3-6H,7,19H2,1-2H3,(H,20,21). The van der Waals surface area contributed by atoms with Gasteiger partial charge in [-0.15, -0.1) is 11.3 Å². The van der Waals surface area contributed by atoms with Gasteiger partial charge in [0.15, 0.2) is 0 Å². The molecule has 0 bridgehead atoms. The van der Waals surface area contributed by atoms with Crippen LogP contribution in [0.5, 0.6) is 5.75 Å². The molecular formula is C15H15F3N2O2S. The summed E-state index contributed by atoms with van der Waals surface area (Å²) < 4.78 is 43.8. The summed E-state index contributed by atoms with van der Waals surface area (Å²) in [6, 6.07) is 4.95. The summed E-state index contributed by atoms with van der Waals surface area (Å²) in [7, 11) is 1.43. The first-order valence-electron chi connectivity index (χ1n) is 6.61. The average molecular weight is 344 g/mol. The maximum absolute atomic E-state index is 12.9. The van der Waals surface area contributed by atoms with E-state index in [1.165, 1.54) is 24.5 Å². The van der Waals surface area contributed by atoms with E-state index in [4.69, 9.17) is 10.5 Å². The monoisotopic (exact) mass is 344 g/mol. The average Bonchev–Trinajstić information content (AvgIpc) is 2.87. The van der Waals surface area contributed by atoms with Gasteiger partial charge in [-0.3, -0.25) is 4.79 Å². The highest BCUT2D eigenvalue weighted by Crippen LogP contribution is 2.33. The Morgan fingerprint density at radius 1 is 1.30 bits per heavy atom. The van der Waals surface area contributed by atoms with Gasteiger partial charge >= 0.3 is 6.18 Å². The molecule has 8 heteroatoms. The van der Waals surface area contributed by atoms with Crippen LogP contribution in [0.3, 0.4) is 0 Å². The van der Waals surface area contributed by atoms with Crippen LogP contribution in [0.4, 0.5) is 18.9 Å². The summed E-state index contributed by atoms with van der Waals surface area (Å²) >= 11 is 1.20. The molecular weight excluding hydrogens is 329 g/mol. The minimum atomic E-state index is -4.51. The predicted molar refractivity (Wildman–Crippen MR) is 82.9 cm³/mol. The van der Waals surface area contributed by atoms with Crippen molar-refractivity contribution in [2.45, 2.75) is 19.6 Å². The van der Waals surface area contributed by atoms with Gasteiger partial charge in [-0.05, 0) is 36.8 Å². The van der Waals surface area contributed by atoms with Crippen molar-refractivity contribution in [3.8, 4) is 5.75 Å². The molecule has 0 aliphatic heterocycles. The van der Waals surface area contributed by atoms with E-state index in [1.54, 1.807) is 13.0 Å². The number of carbonyl (C=O) groups excluding carboxylic acids is 1. The summed E-state index contributed by atoms with van der Waals surface area (Å²) in [6.45, 7) is 1.75. The van der Waals surface area contributed by atoms with Crippen molar-refractivity contribution in [3.05, 3.63) is 45.1 Å². The van der Waals surface area contributed by atoms with Crippen LogP contribution in [0, 0.1) is 6.92 Å². The van der Waals surface area contributed by atoms with E-state index in [2.05, 4.69) is 5.32 Å². The Morgan fingerprint density at radius 2 is 2.00 bits per heavy atom. The molecule has 0 unspecified atom stereocenters. The maximum Gasteiger partial charge on any atom is 0.416 e. The van der Waals surface area contributed by atoms with Crippen LogP contribution < -0.4 is 15.8 Å². The number of halogens is 3. The lowest BCUT2D eigenvalue weighted by Gasteiger charge is -2.12. The second kappa shape index (κ2) is 6.59. The lowest BCUT2D eigenvalue weighted by molar-refractivity contribution is -0.137. The molecule has 0 spiro atoms. The number of nitrogens with one attached hydrogen (secondary N) is 1. The number of nitrogens with two attached hydrogens (primary N) is 1. The molecule has 0 radical (unpaired) electrons. The van der Waals surface area contributed by atoms with E-state index in [9.17, 15) is 18.0 Å². The largest absolute Gasteiger partial charge is 0.495 e. The number of benzene rings is 1. The number of hydrogen-bond acceptors (Lipinski definition) is 4. The number of thiophene rings is 1. The molecule has 3 N–H and O–H groups in total. The van der Waals surface area contributed by atoms with E-state index >= 15 is 0 Å². The van der Waals surface area contributed by atoms with Crippen molar-refractivity contribution < 1.29 is 22.7 Å². The van der Waals surface area contributed by atoms with Gasteiger partial charge in [0, 0.05) is 17.1 Å². The number of rotatable bonds is 4. The van der Waals surface area contributed by atoms with Crippen molar-refractivity contribution in [1.82, 2.24) is 0 Å². The number of anilines is 1. The van der Waals surface area contributed by atoms with E-state index in [0.29, 0.717) is 10.6 Å². The molecule has 1 aromatic carbocycles. The van der Waals surface area contributed by atoms with Gasteiger partial charge in [0.05, 0.1) is 12.7 Å². The Morgan fingerprint density at radius 3 is 2.57 bits per heavy atom. The quantitative estimate of drug-likeness (QED) is 0.887. The minimum Gasteiger partial charge on any atom is -0.495 e. The van der Waals surface area contributed by atoms with Crippen molar-refractivity contribution in [2.75, 3.05) is 12.4 Å².